The second-order valence-electron chi connectivity index (χ2n) is 5.10. The first-order valence-electron chi connectivity index (χ1n) is 7.24. The molecule has 1 aromatic carbocycles. The predicted molar refractivity (Wildman–Crippen MR) is 83.9 cm³/mol. The molecule has 1 N–H and O–H groups in total. The molecule has 0 fully saturated rings. The molecule has 0 aliphatic heterocycles. The molecule has 0 aliphatic rings. The number of rotatable bonds is 5. The van der Waals surface area contributed by atoms with Crippen molar-refractivity contribution in [3.63, 3.8) is 0 Å². The van der Waals surface area contributed by atoms with E-state index in [-0.39, 0.29) is 6.61 Å². The highest BCUT2D eigenvalue weighted by atomic mass is 35.5. The number of nitrogens with zero attached hydrogens (tertiary/aromatic N) is 2. The lowest BCUT2D eigenvalue weighted by Crippen LogP contribution is -2.35. The molecule has 0 aliphatic carbocycles. The van der Waals surface area contributed by atoms with Crippen molar-refractivity contribution >= 4 is 22.7 Å². The fourth-order valence-corrected chi connectivity index (χ4v) is 2.56. The number of oxazole rings is 1. The van der Waals surface area contributed by atoms with Crippen LogP contribution in [0.5, 0.6) is 5.75 Å². The van der Waals surface area contributed by atoms with Crippen molar-refractivity contribution in [3.8, 4) is 5.75 Å². The van der Waals surface area contributed by atoms with Crippen LogP contribution in [0.25, 0.3) is 11.1 Å². The van der Waals surface area contributed by atoms with Crippen molar-refractivity contribution in [1.29, 1.82) is 0 Å². The van der Waals surface area contributed by atoms with Gasteiger partial charge >= 0.3 is 5.76 Å². The van der Waals surface area contributed by atoms with Gasteiger partial charge in [0, 0.05) is 29.5 Å². The Morgan fingerprint density at radius 2 is 2.22 bits per heavy atom. The van der Waals surface area contributed by atoms with E-state index in [0.29, 0.717) is 34.1 Å². The number of aryl methyl sites for hydroxylation is 1. The van der Waals surface area contributed by atoms with E-state index in [1.54, 1.807) is 34.9 Å². The predicted octanol–water partition coefficient (Wildman–Crippen LogP) is 2.76. The lowest BCUT2D eigenvalue weighted by atomic mass is 10.3. The molecule has 2 heterocycles. The standard InChI is InChI=1S/C16H16ClN2O4/c1-2-6-18-13-8-12(17)14(9-15(13)23-16(18)20)22-10-11-5-3-4-7-19(11)21/h3-5,7-9,21H,2,6,10H2,1H3/q+1. The lowest BCUT2D eigenvalue weighted by molar-refractivity contribution is -0.910. The van der Waals surface area contributed by atoms with Gasteiger partial charge in [0.1, 0.15) is 5.75 Å². The average molecular weight is 336 g/mol. The summed E-state index contributed by atoms with van der Waals surface area (Å²) in [4.78, 5) is 11.9. The molecule has 0 radical (unpaired) electrons. The molecule has 0 saturated carbocycles. The second kappa shape index (κ2) is 6.34. The molecule has 6 nitrogen and oxygen atoms in total. The molecule has 7 heteroatoms. The minimum absolute atomic E-state index is 0.127. The molecule has 0 atom stereocenters. The highest BCUT2D eigenvalue weighted by Gasteiger charge is 2.15. The quantitative estimate of drug-likeness (QED) is 0.575. The zero-order valence-electron chi connectivity index (χ0n) is 12.5. The molecular formula is C16H16ClN2O4+. The monoisotopic (exact) mass is 335 g/mol. The summed E-state index contributed by atoms with van der Waals surface area (Å²) >= 11 is 6.24. The van der Waals surface area contributed by atoms with Crippen LogP contribution in [0.2, 0.25) is 5.02 Å². The maximum atomic E-state index is 11.9. The van der Waals surface area contributed by atoms with Crippen LogP contribution in [0.15, 0.2) is 45.7 Å². The normalized spacial score (nSPS) is 11.0. The maximum Gasteiger partial charge on any atom is 0.419 e. The van der Waals surface area contributed by atoms with Crippen LogP contribution in [0.4, 0.5) is 0 Å². The van der Waals surface area contributed by atoms with Crippen LogP contribution in [0.1, 0.15) is 19.0 Å². The van der Waals surface area contributed by atoms with E-state index >= 15 is 0 Å². The minimum atomic E-state index is -0.411. The summed E-state index contributed by atoms with van der Waals surface area (Å²) in [5.41, 5.74) is 1.63. The largest absolute Gasteiger partial charge is 0.481 e. The Bertz CT molecular complexity index is 901. The van der Waals surface area contributed by atoms with Crippen LogP contribution in [0, 0.1) is 0 Å². The first kappa shape index (κ1) is 15.4. The molecule has 0 unspecified atom stereocenters. The number of aromatic nitrogens is 2. The molecule has 120 valence electrons. The Hall–Kier alpha value is -2.47. The number of ether oxygens (including phenoxy) is 1. The summed E-state index contributed by atoms with van der Waals surface area (Å²) < 4.78 is 13.4. The zero-order valence-corrected chi connectivity index (χ0v) is 13.3. The van der Waals surface area contributed by atoms with E-state index in [0.717, 1.165) is 11.2 Å². The molecule has 0 bridgehead atoms. The number of hydrogen-bond acceptors (Lipinski definition) is 4. The van der Waals surface area contributed by atoms with Gasteiger partial charge in [-0.1, -0.05) is 18.5 Å². The van der Waals surface area contributed by atoms with E-state index in [1.165, 1.54) is 6.20 Å². The lowest BCUT2D eigenvalue weighted by Gasteiger charge is -2.06. The number of pyridine rings is 1. The molecule has 2 aromatic heterocycles. The summed E-state index contributed by atoms with van der Waals surface area (Å²) in [6, 6.07) is 8.47. The van der Waals surface area contributed by atoms with Crippen LogP contribution < -0.4 is 15.2 Å². The van der Waals surface area contributed by atoms with E-state index in [9.17, 15) is 10.0 Å². The Kier molecular flexibility index (Phi) is 4.25. The Labute approximate surface area is 137 Å². The fourth-order valence-electron chi connectivity index (χ4n) is 2.35. The fraction of sp³-hybridized carbons (Fsp3) is 0.250. The highest BCUT2D eigenvalue weighted by Crippen LogP contribution is 2.30. The number of benzene rings is 1. The molecule has 0 amide bonds. The van der Waals surface area contributed by atoms with Crippen LogP contribution in [-0.4, -0.2) is 9.77 Å². The van der Waals surface area contributed by atoms with E-state index in [4.69, 9.17) is 20.8 Å². The van der Waals surface area contributed by atoms with Crippen molar-refractivity contribution in [2.45, 2.75) is 26.5 Å². The smallest absolute Gasteiger partial charge is 0.419 e. The van der Waals surface area contributed by atoms with Crippen molar-refractivity contribution in [2.24, 2.45) is 0 Å². The number of hydrogen-bond donors (Lipinski definition) is 1. The Morgan fingerprint density at radius 1 is 1.39 bits per heavy atom. The van der Waals surface area contributed by atoms with Gasteiger partial charge in [-0.15, -0.1) is 0 Å². The molecule has 3 aromatic rings. The number of halogens is 1. The third-order valence-electron chi connectivity index (χ3n) is 3.47. The first-order chi connectivity index (χ1) is 11.1. The van der Waals surface area contributed by atoms with Gasteiger partial charge in [0.15, 0.2) is 12.2 Å². The third kappa shape index (κ3) is 3.03. The van der Waals surface area contributed by atoms with Gasteiger partial charge in [0.2, 0.25) is 6.20 Å². The molecular weight excluding hydrogens is 320 g/mol. The topological polar surface area (TPSA) is 68.5 Å². The van der Waals surface area contributed by atoms with E-state index in [1.807, 2.05) is 6.92 Å². The molecule has 0 saturated heterocycles. The zero-order chi connectivity index (χ0) is 16.4. The van der Waals surface area contributed by atoms with Gasteiger partial charge in [0.25, 0.3) is 5.69 Å². The van der Waals surface area contributed by atoms with Crippen LogP contribution >= 0.6 is 11.6 Å². The average Bonchev–Trinajstić information content (AvgIpc) is 2.82. The van der Waals surface area contributed by atoms with Gasteiger partial charge in [-0.05, 0) is 18.6 Å². The number of fused-ring (bicyclic) bond motifs is 1. The van der Waals surface area contributed by atoms with E-state index in [2.05, 4.69) is 0 Å². The SMILES string of the molecule is CCCn1c(=O)oc2cc(OCc3cccc[n+]3O)c(Cl)cc21. The third-order valence-corrected chi connectivity index (χ3v) is 3.76. The van der Waals surface area contributed by atoms with Gasteiger partial charge in [-0.2, -0.15) is 0 Å². The maximum absolute atomic E-state index is 11.9. The van der Waals surface area contributed by atoms with Crippen molar-refractivity contribution in [2.75, 3.05) is 0 Å². The summed E-state index contributed by atoms with van der Waals surface area (Å²) in [5, 5.41) is 10.0. The summed E-state index contributed by atoms with van der Waals surface area (Å²) in [6.45, 7) is 2.67. The van der Waals surface area contributed by atoms with Gasteiger partial charge in [0.05, 0.1) is 10.5 Å². The van der Waals surface area contributed by atoms with Gasteiger partial charge in [-0.3, -0.25) is 9.77 Å². The summed E-state index contributed by atoms with van der Waals surface area (Å²) in [6.07, 6.45) is 2.32. The second-order valence-corrected chi connectivity index (χ2v) is 5.50. The Morgan fingerprint density at radius 3 is 2.96 bits per heavy atom. The molecule has 3 rings (SSSR count). The van der Waals surface area contributed by atoms with Crippen molar-refractivity contribution in [3.05, 3.63) is 57.8 Å². The summed E-state index contributed by atoms with van der Waals surface area (Å²) in [5.74, 6) is -0.0215. The molecule has 0 spiro atoms. The van der Waals surface area contributed by atoms with E-state index < -0.39 is 5.76 Å². The summed E-state index contributed by atoms with van der Waals surface area (Å²) in [7, 11) is 0. The van der Waals surface area contributed by atoms with Crippen molar-refractivity contribution < 1.29 is 19.1 Å². The highest BCUT2D eigenvalue weighted by molar-refractivity contribution is 6.32. The Balaban J connectivity index is 1.91. The molecule has 23 heavy (non-hydrogen) atoms. The van der Waals surface area contributed by atoms with Gasteiger partial charge < -0.3 is 9.15 Å². The van der Waals surface area contributed by atoms with Crippen molar-refractivity contribution in [1.82, 2.24) is 4.57 Å². The first-order valence-corrected chi connectivity index (χ1v) is 7.62. The minimum Gasteiger partial charge on any atom is -0.481 e. The van der Waals surface area contributed by atoms with Crippen LogP contribution in [0.3, 0.4) is 0 Å². The van der Waals surface area contributed by atoms with Crippen LogP contribution in [-0.2, 0) is 13.2 Å². The van der Waals surface area contributed by atoms with Gasteiger partial charge in [-0.25, -0.2) is 4.79 Å².